The summed E-state index contributed by atoms with van der Waals surface area (Å²) in [5, 5.41) is 11.9. The van der Waals surface area contributed by atoms with E-state index >= 15 is 0 Å². The van der Waals surface area contributed by atoms with Crippen LogP contribution in [0.1, 0.15) is 6.42 Å². The summed E-state index contributed by atoms with van der Waals surface area (Å²) < 4.78 is 59.9. The Kier molecular flexibility index (Phi) is 4.82. The Morgan fingerprint density at radius 1 is 1.06 bits per heavy atom. The van der Waals surface area contributed by atoms with Gasteiger partial charge in [-0.3, -0.25) is 13.9 Å². The first-order valence-corrected chi connectivity index (χ1v) is 6.78. The molecule has 0 bridgehead atoms. The second kappa shape index (κ2) is 5.05. The SMILES string of the molecule is O=C(O)C(C(CCO)S(=O)(=O)O)S(=O)(=O)O. The third kappa shape index (κ3) is 4.02. The van der Waals surface area contributed by atoms with Gasteiger partial charge in [-0.25, -0.2) is 0 Å². The zero-order valence-electron chi connectivity index (χ0n) is 7.72. The zero-order valence-corrected chi connectivity index (χ0v) is 9.35. The first kappa shape index (κ1) is 15.2. The lowest BCUT2D eigenvalue weighted by Crippen LogP contribution is -2.45. The average molecular weight is 278 g/mol. The standard InChI is InChI=1S/C5H10O9S2/c6-2-1-3(15(9,10)11)4(5(7)8)16(12,13)14/h3-4,6H,1-2H2,(H,7,8)(H,9,10,11)(H,12,13,14). The van der Waals surface area contributed by atoms with E-state index in [0.717, 1.165) is 0 Å². The van der Waals surface area contributed by atoms with Crippen LogP contribution in [0.4, 0.5) is 0 Å². The fraction of sp³-hybridized carbons (Fsp3) is 0.800. The minimum atomic E-state index is -5.22. The number of hydrogen-bond donors (Lipinski definition) is 4. The van der Waals surface area contributed by atoms with E-state index in [9.17, 15) is 21.6 Å². The highest BCUT2D eigenvalue weighted by Gasteiger charge is 2.45. The van der Waals surface area contributed by atoms with Crippen molar-refractivity contribution < 1.29 is 40.9 Å². The van der Waals surface area contributed by atoms with Crippen LogP contribution in [0.25, 0.3) is 0 Å². The summed E-state index contributed by atoms with van der Waals surface area (Å²) >= 11 is 0. The van der Waals surface area contributed by atoms with Crippen molar-refractivity contribution in [3.8, 4) is 0 Å². The lowest BCUT2D eigenvalue weighted by molar-refractivity contribution is -0.136. The Morgan fingerprint density at radius 2 is 1.50 bits per heavy atom. The minimum Gasteiger partial charge on any atom is -0.480 e. The fourth-order valence-corrected chi connectivity index (χ4v) is 3.51. The van der Waals surface area contributed by atoms with Crippen molar-refractivity contribution in [2.45, 2.75) is 16.9 Å². The van der Waals surface area contributed by atoms with Crippen molar-refractivity contribution >= 4 is 26.2 Å². The van der Waals surface area contributed by atoms with Gasteiger partial charge >= 0.3 is 5.97 Å². The molecule has 0 aromatic carbocycles. The third-order valence-electron chi connectivity index (χ3n) is 1.70. The number of aliphatic carboxylic acids is 1. The number of carbonyl (C=O) groups is 1. The molecular formula is C5H10O9S2. The molecule has 0 aliphatic heterocycles. The van der Waals surface area contributed by atoms with Gasteiger partial charge in [0.15, 0.2) is 0 Å². The molecule has 0 saturated heterocycles. The Hall–Kier alpha value is -0.750. The van der Waals surface area contributed by atoms with Crippen LogP contribution in [0.3, 0.4) is 0 Å². The maximum Gasteiger partial charge on any atom is 0.325 e. The molecule has 4 N–H and O–H groups in total. The number of carboxylic acid groups (broad SMARTS) is 1. The molecule has 2 unspecified atom stereocenters. The molecule has 0 aliphatic carbocycles. The molecule has 0 amide bonds. The van der Waals surface area contributed by atoms with Gasteiger partial charge in [-0.1, -0.05) is 0 Å². The van der Waals surface area contributed by atoms with E-state index in [2.05, 4.69) is 0 Å². The molecule has 0 radical (unpaired) electrons. The normalized spacial score (nSPS) is 16.7. The van der Waals surface area contributed by atoms with Gasteiger partial charge in [-0.2, -0.15) is 16.8 Å². The minimum absolute atomic E-state index is 0.838. The highest BCUT2D eigenvalue weighted by molar-refractivity contribution is 7.91. The van der Waals surface area contributed by atoms with Crippen molar-refractivity contribution in [1.82, 2.24) is 0 Å². The van der Waals surface area contributed by atoms with Gasteiger partial charge in [0.25, 0.3) is 20.2 Å². The number of carboxylic acids is 1. The average Bonchev–Trinajstić information content (AvgIpc) is 1.98. The number of aliphatic hydroxyl groups is 1. The molecule has 0 fully saturated rings. The second-order valence-corrected chi connectivity index (χ2v) is 6.01. The van der Waals surface area contributed by atoms with E-state index in [-0.39, 0.29) is 0 Å². The van der Waals surface area contributed by atoms with Crippen LogP contribution in [0.2, 0.25) is 0 Å². The summed E-state index contributed by atoms with van der Waals surface area (Å²) in [4.78, 5) is 10.5. The molecule has 0 saturated carbocycles. The van der Waals surface area contributed by atoms with E-state index in [1.54, 1.807) is 0 Å². The largest absolute Gasteiger partial charge is 0.480 e. The summed E-state index contributed by atoms with van der Waals surface area (Å²) in [5.41, 5.74) is 0. The van der Waals surface area contributed by atoms with E-state index in [0.29, 0.717) is 0 Å². The first-order chi connectivity index (χ1) is 7.01. The van der Waals surface area contributed by atoms with Crippen LogP contribution in [-0.4, -0.2) is 59.2 Å². The molecule has 9 nitrogen and oxygen atoms in total. The molecular weight excluding hydrogens is 268 g/mol. The van der Waals surface area contributed by atoms with Crippen LogP contribution < -0.4 is 0 Å². The van der Waals surface area contributed by atoms with Gasteiger partial charge in [0.1, 0.15) is 5.25 Å². The topological polar surface area (TPSA) is 166 Å². The van der Waals surface area contributed by atoms with Crippen molar-refractivity contribution in [2.75, 3.05) is 6.61 Å². The van der Waals surface area contributed by atoms with Crippen molar-refractivity contribution in [3.05, 3.63) is 0 Å². The second-order valence-electron chi connectivity index (χ2n) is 2.84. The van der Waals surface area contributed by atoms with Gasteiger partial charge in [0.05, 0.1) is 0 Å². The molecule has 16 heavy (non-hydrogen) atoms. The van der Waals surface area contributed by atoms with E-state index in [1.165, 1.54) is 0 Å². The summed E-state index contributed by atoms with van der Waals surface area (Å²) in [5.74, 6) is -2.14. The Labute approximate surface area is 91.2 Å². The van der Waals surface area contributed by atoms with Crippen LogP contribution in [0.15, 0.2) is 0 Å². The number of hydrogen-bond acceptors (Lipinski definition) is 6. The Morgan fingerprint density at radius 3 is 1.69 bits per heavy atom. The molecule has 0 spiro atoms. The highest BCUT2D eigenvalue weighted by Crippen LogP contribution is 2.16. The van der Waals surface area contributed by atoms with Crippen LogP contribution >= 0.6 is 0 Å². The Balaban J connectivity index is 5.56. The van der Waals surface area contributed by atoms with Gasteiger partial charge in [-0.05, 0) is 6.42 Å². The van der Waals surface area contributed by atoms with E-state index in [1.807, 2.05) is 0 Å². The number of rotatable bonds is 6. The Bertz CT molecular complexity index is 446. The maximum absolute atomic E-state index is 10.7. The van der Waals surface area contributed by atoms with Gasteiger partial charge in [0.2, 0.25) is 5.25 Å². The molecule has 0 aromatic rings. The summed E-state index contributed by atoms with van der Waals surface area (Å²) in [6.07, 6.45) is -0.838. The lowest BCUT2D eigenvalue weighted by atomic mass is 10.2. The monoisotopic (exact) mass is 278 g/mol. The molecule has 96 valence electrons. The van der Waals surface area contributed by atoms with Crippen LogP contribution in [0, 0.1) is 0 Å². The molecule has 0 rings (SSSR count). The van der Waals surface area contributed by atoms with Crippen molar-refractivity contribution in [2.24, 2.45) is 0 Å². The van der Waals surface area contributed by atoms with Gasteiger partial charge in [-0.15, -0.1) is 0 Å². The molecule has 0 heterocycles. The van der Waals surface area contributed by atoms with Crippen LogP contribution in [-0.2, 0) is 25.0 Å². The first-order valence-electron chi connectivity index (χ1n) is 3.78. The van der Waals surface area contributed by atoms with Crippen molar-refractivity contribution in [1.29, 1.82) is 0 Å². The summed E-state index contributed by atoms with van der Waals surface area (Å²) in [6.45, 7) is -0.871. The smallest absolute Gasteiger partial charge is 0.325 e. The number of aliphatic hydroxyl groups excluding tert-OH is 1. The van der Waals surface area contributed by atoms with Gasteiger partial charge < -0.3 is 10.2 Å². The maximum atomic E-state index is 10.7. The molecule has 2 atom stereocenters. The quantitative estimate of drug-likeness (QED) is 0.400. The van der Waals surface area contributed by atoms with Gasteiger partial charge in [0, 0.05) is 6.61 Å². The summed E-state index contributed by atoms with van der Waals surface area (Å²) in [6, 6.07) is 0. The molecule has 0 aliphatic rings. The van der Waals surface area contributed by atoms with Crippen molar-refractivity contribution in [3.63, 3.8) is 0 Å². The third-order valence-corrected chi connectivity index (χ3v) is 4.32. The predicted molar refractivity (Wildman–Crippen MR) is 50.0 cm³/mol. The zero-order chi connectivity index (χ0) is 13.1. The molecule has 0 aromatic heterocycles. The highest BCUT2D eigenvalue weighted by atomic mass is 32.2. The van der Waals surface area contributed by atoms with E-state index in [4.69, 9.17) is 19.3 Å². The molecule has 11 heteroatoms. The predicted octanol–water partition coefficient (Wildman–Crippen LogP) is -2.03. The summed E-state index contributed by atoms with van der Waals surface area (Å²) in [7, 11) is -10.3. The van der Waals surface area contributed by atoms with Crippen LogP contribution in [0.5, 0.6) is 0 Å². The fourth-order valence-electron chi connectivity index (χ4n) is 1.06. The lowest BCUT2D eigenvalue weighted by Gasteiger charge is -2.17. The van der Waals surface area contributed by atoms with E-state index < -0.39 is 49.7 Å².